The molecule has 0 radical (unpaired) electrons. The summed E-state index contributed by atoms with van der Waals surface area (Å²) < 4.78 is 28.4. The number of amides is 5. The molecule has 0 aromatic rings. The lowest BCUT2D eigenvalue weighted by Crippen LogP contribution is -2.61. The Bertz CT molecular complexity index is 1030. The van der Waals surface area contributed by atoms with Crippen molar-refractivity contribution in [2.75, 3.05) is 19.6 Å². The lowest BCUT2D eigenvalue weighted by molar-refractivity contribution is -0.151. The molecule has 2 aliphatic heterocycles. The van der Waals surface area contributed by atoms with Gasteiger partial charge in [0.05, 0.1) is 12.5 Å². The molecule has 10 nitrogen and oxygen atoms in total. The van der Waals surface area contributed by atoms with Crippen LogP contribution in [-0.4, -0.2) is 82.5 Å². The number of halogens is 3. The van der Waals surface area contributed by atoms with Gasteiger partial charge in [-0.05, 0) is 42.4 Å². The van der Waals surface area contributed by atoms with Crippen molar-refractivity contribution < 1.29 is 32.8 Å². The minimum atomic E-state index is -2.44. The number of hydrazine groups is 1. The number of carbonyl (C=O) groups is 5. The summed E-state index contributed by atoms with van der Waals surface area (Å²) in [7, 11) is 0. The van der Waals surface area contributed by atoms with E-state index in [-0.39, 0.29) is 55.0 Å². The maximum absolute atomic E-state index is 14.5. The molecule has 4 aliphatic rings. The number of rotatable bonds is 10. The van der Waals surface area contributed by atoms with Crippen LogP contribution in [0, 0.1) is 29.1 Å². The zero-order valence-electron chi connectivity index (χ0n) is 22.8. The molecule has 5 amide bonds. The molecule has 3 N–H and O–H groups in total. The van der Waals surface area contributed by atoms with Gasteiger partial charge in [-0.1, -0.05) is 52.1 Å². The molecule has 2 heterocycles. The number of nitrogens with one attached hydrogen (secondary N) is 3. The smallest absolute Gasteiger partial charge is 0.291 e. The lowest BCUT2D eigenvalue weighted by atomic mass is 9.91. The van der Waals surface area contributed by atoms with Crippen molar-refractivity contribution >= 4 is 41.1 Å². The van der Waals surface area contributed by atoms with Gasteiger partial charge in [0.15, 0.2) is 5.67 Å². The fraction of sp³-hybridized carbons (Fsp3) is 0.808. The van der Waals surface area contributed by atoms with E-state index >= 15 is 0 Å². The SMILES string of the molecule is CCC(CC)[C@H](NC(=O)C1(F)CC1)C(=O)N1C[C@H]2[C@@H]([C@H]1C(=O)NN(C[C@@H]1CCNC1=O)C(=O)[C@@H](F)Cl)C2(C)C. The Labute approximate surface area is 231 Å². The standard InChI is InChI=1S/C26H38ClF2N5O5/c1-5-13(6-2)17(31-24(39)26(29)8-9-26)22(37)33-12-15-16(25(15,3)4)18(33)21(36)32-34(23(38)19(27)28)11-14-7-10-30-20(14)35/h13-19H,5-12H2,1-4H3,(H,30,35)(H,31,39)(H,32,36)/t14-,15-,16-,17-,18-,19+/m0/s1. The van der Waals surface area contributed by atoms with E-state index in [0.717, 1.165) is 5.01 Å². The fourth-order valence-corrected chi connectivity index (χ4v) is 6.41. The van der Waals surface area contributed by atoms with E-state index in [9.17, 15) is 32.8 Å². The number of nitrogens with zero attached hydrogens (tertiary/aromatic N) is 2. The molecule has 6 atom stereocenters. The number of piperidine rings is 1. The van der Waals surface area contributed by atoms with E-state index in [4.69, 9.17) is 11.6 Å². The van der Waals surface area contributed by atoms with Crippen molar-refractivity contribution in [1.82, 2.24) is 26.0 Å². The van der Waals surface area contributed by atoms with Gasteiger partial charge in [0.25, 0.3) is 23.4 Å². The highest BCUT2D eigenvalue weighted by atomic mass is 35.5. The highest BCUT2D eigenvalue weighted by molar-refractivity contribution is 6.29. The first-order valence-electron chi connectivity index (χ1n) is 13.7. The molecule has 2 aliphatic carbocycles. The molecule has 4 rings (SSSR count). The Kier molecular flexibility index (Phi) is 8.18. The normalized spacial score (nSPS) is 29.2. The molecule has 0 bridgehead atoms. The second-order valence-electron chi connectivity index (χ2n) is 11.9. The van der Waals surface area contributed by atoms with Crippen LogP contribution in [0.3, 0.4) is 0 Å². The highest BCUT2D eigenvalue weighted by Crippen LogP contribution is 2.65. The summed E-state index contributed by atoms with van der Waals surface area (Å²) in [5.74, 6) is -4.72. The summed E-state index contributed by atoms with van der Waals surface area (Å²) in [6.07, 6.45) is 1.71. The van der Waals surface area contributed by atoms with Gasteiger partial charge in [0, 0.05) is 13.1 Å². The number of likely N-dealkylation sites (tertiary alicyclic amines) is 1. The Morgan fingerprint density at radius 2 is 1.85 bits per heavy atom. The van der Waals surface area contributed by atoms with Gasteiger partial charge in [0.2, 0.25) is 11.8 Å². The quantitative estimate of drug-likeness (QED) is 0.269. The first-order chi connectivity index (χ1) is 18.3. The third-order valence-electron chi connectivity index (χ3n) is 9.19. The van der Waals surface area contributed by atoms with Crippen LogP contribution in [-0.2, 0) is 24.0 Å². The van der Waals surface area contributed by atoms with Crippen LogP contribution in [0.5, 0.6) is 0 Å². The summed E-state index contributed by atoms with van der Waals surface area (Å²) in [4.78, 5) is 66.2. The van der Waals surface area contributed by atoms with E-state index in [0.29, 0.717) is 25.8 Å². The first-order valence-corrected chi connectivity index (χ1v) is 14.2. The number of alkyl halides is 3. The molecule has 0 aromatic carbocycles. The minimum absolute atomic E-state index is 0.00193. The van der Waals surface area contributed by atoms with Crippen molar-refractivity contribution in [1.29, 1.82) is 0 Å². The van der Waals surface area contributed by atoms with Gasteiger partial charge < -0.3 is 15.5 Å². The van der Waals surface area contributed by atoms with Crippen molar-refractivity contribution in [3.05, 3.63) is 0 Å². The van der Waals surface area contributed by atoms with E-state index in [1.54, 1.807) is 0 Å². The summed E-state index contributed by atoms with van der Waals surface area (Å²) in [5, 5.41) is 5.98. The molecule has 0 unspecified atom stereocenters. The van der Waals surface area contributed by atoms with Crippen LogP contribution in [0.25, 0.3) is 0 Å². The summed E-state index contributed by atoms with van der Waals surface area (Å²) in [6, 6.07) is -2.03. The zero-order valence-corrected chi connectivity index (χ0v) is 23.5. The second-order valence-corrected chi connectivity index (χ2v) is 12.3. The zero-order chi connectivity index (χ0) is 28.9. The van der Waals surface area contributed by atoms with E-state index in [1.165, 1.54) is 4.90 Å². The van der Waals surface area contributed by atoms with Gasteiger partial charge in [-0.25, -0.2) is 13.8 Å². The Morgan fingerprint density at radius 3 is 2.36 bits per heavy atom. The Hall–Kier alpha value is -2.50. The van der Waals surface area contributed by atoms with Crippen LogP contribution >= 0.6 is 11.6 Å². The van der Waals surface area contributed by atoms with E-state index in [1.807, 2.05) is 27.7 Å². The number of hydrogen-bond acceptors (Lipinski definition) is 5. The van der Waals surface area contributed by atoms with Crippen LogP contribution < -0.4 is 16.1 Å². The van der Waals surface area contributed by atoms with Crippen molar-refractivity contribution in [3.8, 4) is 0 Å². The largest absolute Gasteiger partial charge is 0.356 e. The summed E-state index contributed by atoms with van der Waals surface area (Å²) in [6.45, 7) is 8.08. The van der Waals surface area contributed by atoms with Gasteiger partial charge >= 0.3 is 0 Å². The van der Waals surface area contributed by atoms with E-state index < -0.39 is 52.9 Å². The lowest BCUT2D eigenvalue weighted by Gasteiger charge is -2.36. The van der Waals surface area contributed by atoms with Crippen LogP contribution in [0.15, 0.2) is 0 Å². The molecular formula is C26H38ClF2N5O5. The average molecular weight is 574 g/mol. The Morgan fingerprint density at radius 1 is 1.21 bits per heavy atom. The van der Waals surface area contributed by atoms with Gasteiger partial charge in [-0.2, -0.15) is 0 Å². The third-order valence-corrected chi connectivity index (χ3v) is 9.38. The molecule has 0 spiro atoms. The first kappa shape index (κ1) is 29.5. The monoisotopic (exact) mass is 573 g/mol. The van der Waals surface area contributed by atoms with Gasteiger partial charge in [0.1, 0.15) is 12.1 Å². The van der Waals surface area contributed by atoms with Gasteiger partial charge in [-0.3, -0.25) is 29.4 Å². The topological polar surface area (TPSA) is 128 Å². The molecule has 13 heteroatoms. The molecule has 2 saturated heterocycles. The molecule has 39 heavy (non-hydrogen) atoms. The third kappa shape index (κ3) is 5.58. The summed E-state index contributed by atoms with van der Waals surface area (Å²) in [5.41, 5.74) is -2.23. The van der Waals surface area contributed by atoms with E-state index in [2.05, 4.69) is 16.1 Å². The second kappa shape index (κ2) is 10.8. The van der Waals surface area contributed by atoms with Crippen molar-refractivity contribution in [2.24, 2.45) is 29.1 Å². The maximum Gasteiger partial charge on any atom is 0.291 e. The average Bonchev–Trinajstić information content (AvgIpc) is 3.56. The van der Waals surface area contributed by atoms with Crippen LogP contribution in [0.2, 0.25) is 0 Å². The number of fused-ring (bicyclic) bond motifs is 1. The molecule has 0 aromatic heterocycles. The van der Waals surface area contributed by atoms with Crippen LogP contribution in [0.4, 0.5) is 8.78 Å². The Balaban J connectivity index is 1.57. The maximum atomic E-state index is 14.5. The number of hydrogen-bond donors (Lipinski definition) is 3. The predicted octanol–water partition coefficient (Wildman–Crippen LogP) is 1.42. The summed E-state index contributed by atoms with van der Waals surface area (Å²) >= 11 is 5.40. The van der Waals surface area contributed by atoms with Crippen LogP contribution in [0.1, 0.15) is 59.8 Å². The minimum Gasteiger partial charge on any atom is -0.356 e. The molecule has 2 saturated carbocycles. The van der Waals surface area contributed by atoms with Gasteiger partial charge in [-0.15, -0.1) is 0 Å². The highest BCUT2D eigenvalue weighted by Gasteiger charge is 2.70. The molecule has 218 valence electrons. The van der Waals surface area contributed by atoms with Crippen molar-refractivity contribution in [3.63, 3.8) is 0 Å². The fourth-order valence-electron chi connectivity index (χ4n) is 6.29. The predicted molar refractivity (Wildman–Crippen MR) is 137 cm³/mol. The van der Waals surface area contributed by atoms with Crippen molar-refractivity contribution in [2.45, 2.75) is 83.2 Å². The molecule has 4 fully saturated rings. The molecular weight excluding hydrogens is 536 g/mol. The number of carbonyl (C=O) groups excluding carboxylic acids is 5.